The molecule has 0 spiro atoms. The number of methoxy groups -OCH3 is 1. The second kappa shape index (κ2) is 7.38. The van der Waals surface area contributed by atoms with Crippen LogP contribution in [0.1, 0.15) is 41.9 Å². The topological polar surface area (TPSA) is 84.7 Å². The number of amides is 2. The molecule has 2 aromatic rings. The Bertz CT molecular complexity index is 745. The number of ether oxygens (including phenoxy) is 1. The van der Waals surface area contributed by atoms with Crippen molar-refractivity contribution in [2.45, 2.75) is 25.8 Å². The third-order valence-corrected chi connectivity index (χ3v) is 4.41. The normalized spacial score (nSPS) is 20.2. The van der Waals surface area contributed by atoms with E-state index >= 15 is 0 Å². The molecule has 0 bridgehead atoms. The lowest BCUT2D eigenvalue weighted by atomic mass is 9.91. The van der Waals surface area contributed by atoms with Crippen molar-refractivity contribution in [2.24, 2.45) is 5.92 Å². The summed E-state index contributed by atoms with van der Waals surface area (Å²) in [6.07, 6.45) is 6.30. The van der Waals surface area contributed by atoms with Gasteiger partial charge in [-0.2, -0.15) is 0 Å². The number of piperidine rings is 1. The van der Waals surface area contributed by atoms with Crippen molar-refractivity contribution >= 4 is 17.7 Å². The molecular formula is C18H21N3O4. The van der Waals surface area contributed by atoms with Gasteiger partial charge in [-0.25, -0.2) is 9.59 Å². The van der Waals surface area contributed by atoms with Crippen molar-refractivity contribution in [3.63, 3.8) is 0 Å². The zero-order valence-electron chi connectivity index (χ0n) is 14.3. The van der Waals surface area contributed by atoms with E-state index in [1.165, 1.54) is 19.5 Å². The quantitative estimate of drug-likeness (QED) is 0.863. The fourth-order valence-corrected chi connectivity index (χ4v) is 3.07. The number of likely N-dealkylation sites (tertiary alicyclic amines) is 1. The standard InChI is InChI=1S/C18H21N3O4/c1-12-5-6-21(15(8-12)16-4-3-7-25-16)18(23)20-14-9-13(10-19-11-14)17(22)24-2/h3-4,7,9-12,15H,5-6,8H2,1-2H3,(H,20,23). The van der Waals surface area contributed by atoms with Crippen LogP contribution in [0.3, 0.4) is 0 Å². The Morgan fingerprint density at radius 3 is 2.96 bits per heavy atom. The number of nitrogens with zero attached hydrogens (tertiary/aromatic N) is 2. The van der Waals surface area contributed by atoms with Gasteiger partial charge in [0.1, 0.15) is 5.76 Å². The average molecular weight is 343 g/mol. The molecule has 2 amide bonds. The number of nitrogens with one attached hydrogen (secondary N) is 1. The van der Waals surface area contributed by atoms with E-state index in [1.54, 1.807) is 17.2 Å². The van der Waals surface area contributed by atoms with E-state index in [9.17, 15) is 9.59 Å². The number of aromatic nitrogens is 1. The third kappa shape index (κ3) is 3.81. The number of furan rings is 1. The van der Waals surface area contributed by atoms with Crippen LogP contribution >= 0.6 is 0 Å². The summed E-state index contributed by atoms with van der Waals surface area (Å²) in [5.41, 5.74) is 0.736. The number of carbonyl (C=O) groups excluding carboxylic acids is 2. The van der Waals surface area contributed by atoms with Crippen LogP contribution in [0.2, 0.25) is 0 Å². The van der Waals surface area contributed by atoms with Crippen molar-refractivity contribution in [2.75, 3.05) is 19.0 Å². The second-order valence-corrected chi connectivity index (χ2v) is 6.24. The molecule has 7 heteroatoms. The molecule has 0 aliphatic carbocycles. The largest absolute Gasteiger partial charge is 0.467 e. The van der Waals surface area contributed by atoms with Gasteiger partial charge in [0.2, 0.25) is 0 Å². The molecule has 3 rings (SSSR count). The van der Waals surface area contributed by atoms with Crippen molar-refractivity contribution in [3.05, 3.63) is 48.2 Å². The van der Waals surface area contributed by atoms with Crippen LogP contribution < -0.4 is 5.32 Å². The number of hydrogen-bond acceptors (Lipinski definition) is 5. The van der Waals surface area contributed by atoms with Gasteiger partial charge in [-0.1, -0.05) is 6.92 Å². The SMILES string of the molecule is COC(=O)c1cncc(NC(=O)N2CCC(C)CC2c2ccco2)c1. The molecule has 1 aliphatic rings. The molecule has 2 atom stereocenters. The predicted molar refractivity (Wildman–Crippen MR) is 91.1 cm³/mol. The molecule has 132 valence electrons. The Morgan fingerprint density at radius 2 is 2.24 bits per heavy atom. The van der Waals surface area contributed by atoms with E-state index in [0.717, 1.165) is 18.6 Å². The predicted octanol–water partition coefficient (Wildman–Crippen LogP) is 3.47. The Kier molecular flexibility index (Phi) is 5.02. The molecule has 7 nitrogen and oxygen atoms in total. The zero-order chi connectivity index (χ0) is 17.8. The summed E-state index contributed by atoms with van der Waals surface area (Å²) in [6.45, 7) is 2.82. The van der Waals surface area contributed by atoms with Crippen LogP contribution in [0.15, 0.2) is 41.3 Å². The number of carbonyl (C=O) groups is 2. The average Bonchev–Trinajstić information content (AvgIpc) is 3.15. The lowest BCUT2D eigenvalue weighted by Gasteiger charge is -2.37. The first-order chi connectivity index (χ1) is 12.1. The Balaban J connectivity index is 1.76. The molecule has 1 N–H and O–H groups in total. The summed E-state index contributed by atoms with van der Waals surface area (Å²) in [7, 11) is 1.30. The Hall–Kier alpha value is -2.83. The Labute approximate surface area is 146 Å². The Morgan fingerprint density at radius 1 is 1.40 bits per heavy atom. The molecule has 1 fully saturated rings. The molecule has 2 aromatic heterocycles. The van der Waals surface area contributed by atoms with Crippen LogP contribution in [0.4, 0.5) is 10.5 Å². The smallest absolute Gasteiger partial charge is 0.339 e. The van der Waals surface area contributed by atoms with Gasteiger partial charge in [0.05, 0.1) is 36.9 Å². The van der Waals surface area contributed by atoms with Crippen LogP contribution in [-0.2, 0) is 4.74 Å². The summed E-state index contributed by atoms with van der Waals surface area (Å²) < 4.78 is 10.2. The molecule has 1 saturated heterocycles. The van der Waals surface area contributed by atoms with Crippen molar-refractivity contribution in [1.29, 1.82) is 0 Å². The van der Waals surface area contributed by atoms with Crippen LogP contribution in [0.25, 0.3) is 0 Å². The number of hydrogen-bond donors (Lipinski definition) is 1. The van der Waals surface area contributed by atoms with Crippen LogP contribution in [0, 0.1) is 5.92 Å². The highest BCUT2D eigenvalue weighted by molar-refractivity contribution is 5.93. The van der Waals surface area contributed by atoms with Gasteiger partial charge in [-0.05, 0) is 37.0 Å². The minimum atomic E-state index is -0.496. The van der Waals surface area contributed by atoms with Gasteiger partial charge in [-0.3, -0.25) is 4.98 Å². The lowest BCUT2D eigenvalue weighted by Crippen LogP contribution is -2.42. The molecule has 0 aromatic carbocycles. The maximum atomic E-state index is 12.8. The maximum Gasteiger partial charge on any atom is 0.339 e. The number of anilines is 1. The summed E-state index contributed by atoms with van der Waals surface area (Å²) in [5, 5.41) is 2.81. The highest BCUT2D eigenvalue weighted by Crippen LogP contribution is 2.34. The number of pyridine rings is 1. The lowest BCUT2D eigenvalue weighted by molar-refractivity contribution is 0.0600. The summed E-state index contributed by atoms with van der Waals surface area (Å²) in [4.78, 5) is 30.1. The third-order valence-electron chi connectivity index (χ3n) is 4.41. The van der Waals surface area contributed by atoms with Crippen molar-refractivity contribution < 1.29 is 18.7 Å². The van der Waals surface area contributed by atoms with Crippen LogP contribution in [0.5, 0.6) is 0 Å². The summed E-state index contributed by atoms with van der Waals surface area (Å²) >= 11 is 0. The van der Waals surface area contributed by atoms with E-state index in [4.69, 9.17) is 4.42 Å². The molecule has 0 radical (unpaired) electrons. The van der Waals surface area contributed by atoms with Crippen molar-refractivity contribution in [3.8, 4) is 0 Å². The maximum absolute atomic E-state index is 12.8. The highest BCUT2D eigenvalue weighted by Gasteiger charge is 2.32. The van der Waals surface area contributed by atoms with E-state index < -0.39 is 5.97 Å². The first-order valence-electron chi connectivity index (χ1n) is 8.23. The van der Waals surface area contributed by atoms with E-state index in [2.05, 4.69) is 22.0 Å². The zero-order valence-corrected chi connectivity index (χ0v) is 14.3. The molecule has 1 aliphatic heterocycles. The van der Waals surface area contributed by atoms with Crippen molar-refractivity contribution in [1.82, 2.24) is 9.88 Å². The summed E-state index contributed by atoms with van der Waals surface area (Å²) in [5.74, 6) is 0.801. The van der Waals surface area contributed by atoms with Crippen LogP contribution in [-0.4, -0.2) is 35.5 Å². The van der Waals surface area contributed by atoms with Gasteiger partial charge in [-0.15, -0.1) is 0 Å². The number of rotatable bonds is 3. The molecule has 2 unspecified atom stereocenters. The van der Waals surface area contributed by atoms with Gasteiger partial charge >= 0.3 is 12.0 Å². The van der Waals surface area contributed by atoms with E-state index in [-0.39, 0.29) is 17.6 Å². The van der Waals surface area contributed by atoms with Gasteiger partial charge in [0, 0.05) is 12.7 Å². The highest BCUT2D eigenvalue weighted by atomic mass is 16.5. The van der Waals surface area contributed by atoms with E-state index in [1.807, 2.05) is 12.1 Å². The molecule has 0 saturated carbocycles. The fraction of sp³-hybridized carbons (Fsp3) is 0.389. The summed E-state index contributed by atoms with van der Waals surface area (Å²) in [6, 6.07) is 4.93. The molecule has 25 heavy (non-hydrogen) atoms. The fourth-order valence-electron chi connectivity index (χ4n) is 3.07. The first kappa shape index (κ1) is 17.0. The molecular weight excluding hydrogens is 322 g/mol. The first-order valence-corrected chi connectivity index (χ1v) is 8.23. The van der Waals surface area contributed by atoms with E-state index in [0.29, 0.717) is 18.2 Å². The monoisotopic (exact) mass is 343 g/mol. The molecule has 3 heterocycles. The minimum absolute atomic E-state index is 0.101. The minimum Gasteiger partial charge on any atom is -0.467 e. The number of esters is 1. The number of urea groups is 1. The van der Waals surface area contributed by atoms with Gasteiger partial charge < -0.3 is 19.4 Å². The van der Waals surface area contributed by atoms with Gasteiger partial charge in [0.25, 0.3) is 0 Å². The van der Waals surface area contributed by atoms with Gasteiger partial charge in [0.15, 0.2) is 0 Å². The second-order valence-electron chi connectivity index (χ2n) is 6.24.